The third-order valence-electron chi connectivity index (χ3n) is 4.10. The summed E-state index contributed by atoms with van der Waals surface area (Å²) in [6.45, 7) is 7.91. The molecule has 0 aromatic heterocycles. The van der Waals surface area contributed by atoms with E-state index in [0.717, 1.165) is 12.0 Å². The van der Waals surface area contributed by atoms with Crippen molar-refractivity contribution in [1.82, 2.24) is 0 Å². The lowest BCUT2D eigenvalue weighted by atomic mass is 9.95. The van der Waals surface area contributed by atoms with Crippen molar-refractivity contribution >= 4 is 23.2 Å². The van der Waals surface area contributed by atoms with Crippen molar-refractivity contribution in [3.05, 3.63) is 23.8 Å². The number of hydrogen-bond acceptors (Lipinski definition) is 4. The molecule has 6 heteroatoms. The maximum absolute atomic E-state index is 12.3. The molecule has 0 aliphatic carbocycles. The van der Waals surface area contributed by atoms with Gasteiger partial charge < -0.3 is 21.1 Å². The van der Waals surface area contributed by atoms with Crippen molar-refractivity contribution < 1.29 is 14.3 Å². The van der Waals surface area contributed by atoms with E-state index >= 15 is 0 Å². The number of nitrogens with two attached hydrogens (primary N) is 1. The van der Waals surface area contributed by atoms with Crippen LogP contribution in [0.4, 0.5) is 11.4 Å². The highest BCUT2D eigenvalue weighted by molar-refractivity contribution is 5.98. The van der Waals surface area contributed by atoms with Gasteiger partial charge in [-0.25, -0.2) is 0 Å². The normalized spacial score (nSPS) is 20.7. The van der Waals surface area contributed by atoms with Gasteiger partial charge in [0.05, 0.1) is 6.10 Å². The molecule has 1 fully saturated rings. The summed E-state index contributed by atoms with van der Waals surface area (Å²) >= 11 is 0. The van der Waals surface area contributed by atoms with Crippen LogP contribution in [-0.4, -0.2) is 30.6 Å². The summed E-state index contributed by atoms with van der Waals surface area (Å²) in [5, 5.41) is 5.76. The largest absolute Gasteiger partial charge is 0.364 e. The molecule has 1 aromatic rings. The van der Waals surface area contributed by atoms with Gasteiger partial charge in [0.15, 0.2) is 0 Å². The molecule has 2 atom stereocenters. The molecular weight excluding hydrogens is 306 g/mol. The molecule has 0 spiro atoms. The van der Waals surface area contributed by atoms with Gasteiger partial charge in [0.25, 0.3) is 5.91 Å². The number of anilines is 2. The van der Waals surface area contributed by atoms with Crippen LogP contribution in [0.15, 0.2) is 18.2 Å². The standard InChI is InChI=1S/C18H27N3O3/c1-11-5-6-12(9-14(11)21-17(23)18(2,3)4)20-16(22)15-8-7-13(10-19)24-15/h5-6,9,13,15H,7-8,10,19H2,1-4H3,(H,20,22)(H,21,23)/t13-,15+/m1/s1. The minimum atomic E-state index is -0.485. The third-order valence-corrected chi connectivity index (χ3v) is 4.10. The number of ether oxygens (including phenoxy) is 1. The van der Waals surface area contributed by atoms with Crippen molar-refractivity contribution in [3.8, 4) is 0 Å². The van der Waals surface area contributed by atoms with Crippen LogP contribution in [0.1, 0.15) is 39.2 Å². The number of hydrogen-bond donors (Lipinski definition) is 3. The fourth-order valence-corrected chi connectivity index (χ4v) is 2.44. The lowest BCUT2D eigenvalue weighted by molar-refractivity contribution is -0.126. The number of carbonyl (C=O) groups is 2. The number of benzene rings is 1. The molecule has 1 aromatic carbocycles. The van der Waals surface area contributed by atoms with Crippen molar-refractivity contribution in [3.63, 3.8) is 0 Å². The number of aryl methyl sites for hydroxylation is 1. The Morgan fingerprint density at radius 1 is 1.25 bits per heavy atom. The average Bonchev–Trinajstić information content (AvgIpc) is 2.98. The molecule has 6 nitrogen and oxygen atoms in total. The minimum Gasteiger partial charge on any atom is -0.364 e. The predicted octanol–water partition coefficient (Wildman–Crippen LogP) is 2.42. The maximum atomic E-state index is 12.3. The zero-order valence-corrected chi connectivity index (χ0v) is 14.8. The van der Waals surface area contributed by atoms with Crippen molar-refractivity contribution in [2.24, 2.45) is 11.1 Å². The highest BCUT2D eigenvalue weighted by atomic mass is 16.5. The Morgan fingerprint density at radius 3 is 2.54 bits per heavy atom. The zero-order valence-electron chi connectivity index (χ0n) is 14.8. The molecule has 0 saturated carbocycles. The van der Waals surface area contributed by atoms with Crippen LogP contribution in [-0.2, 0) is 14.3 Å². The molecule has 1 heterocycles. The van der Waals surface area contributed by atoms with E-state index in [2.05, 4.69) is 10.6 Å². The van der Waals surface area contributed by atoms with E-state index in [4.69, 9.17) is 10.5 Å². The van der Waals surface area contributed by atoms with Gasteiger partial charge in [-0.15, -0.1) is 0 Å². The van der Waals surface area contributed by atoms with E-state index in [0.29, 0.717) is 24.3 Å². The van der Waals surface area contributed by atoms with Crippen LogP contribution in [0.5, 0.6) is 0 Å². The van der Waals surface area contributed by atoms with Gasteiger partial charge in [-0.05, 0) is 37.5 Å². The summed E-state index contributed by atoms with van der Waals surface area (Å²) in [6, 6.07) is 5.45. The minimum absolute atomic E-state index is 0.0413. The van der Waals surface area contributed by atoms with E-state index < -0.39 is 11.5 Å². The molecule has 0 bridgehead atoms. The van der Waals surface area contributed by atoms with Gasteiger partial charge in [0.2, 0.25) is 5.91 Å². The first-order valence-corrected chi connectivity index (χ1v) is 8.29. The van der Waals surface area contributed by atoms with Crippen LogP contribution >= 0.6 is 0 Å². The van der Waals surface area contributed by atoms with Crippen molar-refractivity contribution in [2.75, 3.05) is 17.2 Å². The summed E-state index contributed by atoms with van der Waals surface area (Å²) in [5.41, 5.74) is 7.35. The Labute approximate surface area is 143 Å². The highest BCUT2D eigenvalue weighted by Crippen LogP contribution is 2.25. The van der Waals surface area contributed by atoms with Crippen LogP contribution in [0.2, 0.25) is 0 Å². The number of carbonyl (C=O) groups excluding carboxylic acids is 2. The fourth-order valence-electron chi connectivity index (χ4n) is 2.44. The number of amides is 2. The SMILES string of the molecule is Cc1ccc(NC(=O)[C@@H]2CC[C@H](CN)O2)cc1NC(=O)C(C)(C)C. The van der Waals surface area contributed by atoms with Gasteiger partial charge in [-0.2, -0.15) is 0 Å². The van der Waals surface area contributed by atoms with Crippen LogP contribution in [0.25, 0.3) is 0 Å². The summed E-state index contributed by atoms with van der Waals surface area (Å²) in [5.74, 6) is -0.248. The predicted molar refractivity (Wildman–Crippen MR) is 94.8 cm³/mol. The molecule has 24 heavy (non-hydrogen) atoms. The Morgan fingerprint density at radius 2 is 1.96 bits per heavy atom. The Bertz CT molecular complexity index is 622. The second kappa shape index (κ2) is 7.32. The quantitative estimate of drug-likeness (QED) is 0.789. The molecule has 1 saturated heterocycles. The van der Waals surface area contributed by atoms with Crippen LogP contribution < -0.4 is 16.4 Å². The summed E-state index contributed by atoms with van der Waals surface area (Å²) in [7, 11) is 0. The molecule has 132 valence electrons. The van der Waals surface area contributed by atoms with E-state index in [1.807, 2.05) is 39.8 Å². The van der Waals surface area contributed by atoms with E-state index in [-0.39, 0.29) is 17.9 Å². The van der Waals surface area contributed by atoms with Gasteiger partial charge in [0.1, 0.15) is 6.10 Å². The monoisotopic (exact) mass is 333 g/mol. The molecule has 0 radical (unpaired) electrons. The molecule has 1 aliphatic heterocycles. The van der Waals surface area contributed by atoms with Crippen molar-refractivity contribution in [1.29, 1.82) is 0 Å². The molecule has 0 unspecified atom stereocenters. The summed E-state index contributed by atoms with van der Waals surface area (Å²) in [6.07, 6.45) is 0.968. The molecule has 4 N–H and O–H groups in total. The second-order valence-electron chi connectivity index (χ2n) is 7.28. The lowest BCUT2D eigenvalue weighted by Crippen LogP contribution is -2.30. The van der Waals surface area contributed by atoms with E-state index in [1.54, 1.807) is 6.07 Å². The maximum Gasteiger partial charge on any atom is 0.253 e. The first-order chi connectivity index (χ1) is 11.2. The smallest absolute Gasteiger partial charge is 0.253 e. The number of rotatable bonds is 4. The first kappa shape index (κ1) is 18.4. The molecular formula is C18H27N3O3. The third kappa shape index (κ3) is 4.55. The van der Waals surface area contributed by atoms with Crippen LogP contribution in [0, 0.1) is 12.3 Å². The Hall–Kier alpha value is -1.92. The van der Waals surface area contributed by atoms with Gasteiger partial charge >= 0.3 is 0 Å². The Kier molecular flexibility index (Phi) is 5.62. The molecule has 1 aliphatic rings. The number of nitrogens with one attached hydrogen (secondary N) is 2. The van der Waals surface area contributed by atoms with E-state index in [1.165, 1.54) is 0 Å². The zero-order chi connectivity index (χ0) is 17.9. The van der Waals surface area contributed by atoms with Gasteiger partial charge in [0, 0.05) is 23.3 Å². The lowest BCUT2D eigenvalue weighted by Gasteiger charge is -2.19. The Balaban J connectivity index is 2.05. The summed E-state index contributed by atoms with van der Waals surface area (Å²) < 4.78 is 5.60. The van der Waals surface area contributed by atoms with Gasteiger partial charge in [-0.1, -0.05) is 26.8 Å². The van der Waals surface area contributed by atoms with Crippen molar-refractivity contribution in [2.45, 2.75) is 52.7 Å². The van der Waals surface area contributed by atoms with Crippen LogP contribution in [0.3, 0.4) is 0 Å². The van der Waals surface area contributed by atoms with E-state index in [9.17, 15) is 9.59 Å². The molecule has 2 rings (SSSR count). The molecule has 2 amide bonds. The topological polar surface area (TPSA) is 93.5 Å². The average molecular weight is 333 g/mol. The van der Waals surface area contributed by atoms with Gasteiger partial charge in [-0.3, -0.25) is 9.59 Å². The highest BCUT2D eigenvalue weighted by Gasteiger charge is 2.30. The summed E-state index contributed by atoms with van der Waals surface area (Å²) in [4.78, 5) is 24.5. The fraction of sp³-hybridized carbons (Fsp3) is 0.556. The second-order valence-corrected chi connectivity index (χ2v) is 7.28. The first-order valence-electron chi connectivity index (χ1n) is 8.29.